The standard InChI is InChI=1S/C10H20N4O/c1-7(2)13-10(15)14-5-3-8(4-6-14)9(11)12/h7-8H,3-6H2,1-2H3,(H3,11,12)(H,13,15). The summed E-state index contributed by atoms with van der Waals surface area (Å²) in [4.78, 5) is 13.4. The molecule has 0 bridgehead atoms. The average Bonchev–Trinajstić information content (AvgIpc) is 2.17. The first-order chi connectivity index (χ1) is 7.00. The number of hydrogen-bond donors (Lipinski definition) is 3. The first kappa shape index (κ1) is 11.8. The molecule has 0 spiro atoms. The largest absolute Gasteiger partial charge is 0.387 e. The van der Waals surface area contributed by atoms with E-state index in [9.17, 15) is 4.79 Å². The third kappa shape index (κ3) is 3.42. The number of nitrogens with two attached hydrogens (primary N) is 1. The van der Waals surface area contributed by atoms with E-state index in [0.717, 1.165) is 12.8 Å². The van der Waals surface area contributed by atoms with Crippen LogP contribution >= 0.6 is 0 Å². The Labute approximate surface area is 90.5 Å². The van der Waals surface area contributed by atoms with E-state index in [1.165, 1.54) is 0 Å². The van der Waals surface area contributed by atoms with Crippen LogP contribution in [0.1, 0.15) is 26.7 Å². The van der Waals surface area contributed by atoms with Crippen LogP contribution in [0, 0.1) is 11.3 Å². The van der Waals surface area contributed by atoms with Gasteiger partial charge in [-0.25, -0.2) is 4.79 Å². The number of urea groups is 1. The van der Waals surface area contributed by atoms with E-state index in [2.05, 4.69) is 5.32 Å². The van der Waals surface area contributed by atoms with E-state index in [1.54, 1.807) is 4.90 Å². The normalized spacial score (nSPS) is 17.9. The number of carbonyl (C=O) groups excluding carboxylic acids is 1. The van der Waals surface area contributed by atoms with E-state index >= 15 is 0 Å². The van der Waals surface area contributed by atoms with Crippen LogP contribution in [0.3, 0.4) is 0 Å². The van der Waals surface area contributed by atoms with Gasteiger partial charge >= 0.3 is 6.03 Å². The lowest BCUT2D eigenvalue weighted by Crippen LogP contribution is -2.47. The van der Waals surface area contributed by atoms with Crippen molar-refractivity contribution >= 4 is 11.9 Å². The minimum Gasteiger partial charge on any atom is -0.387 e. The zero-order valence-corrected chi connectivity index (χ0v) is 9.42. The number of hydrogen-bond acceptors (Lipinski definition) is 2. The van der Waals surface area contributed by atoms with Crippen LogP contribution in [-0.2, 0) is 0 Å². The first-order valence-corrected chi connectivity index (χ1v) is 5.40. The number of rotatable bonds is 2. The van der Waals surface area contributed by atoms with Gasteiger partial charge in [-0.15, -0.1) is 0 Å². The molecule has 86 valence electrons. The van der Waals surface area contributed by atoms with E-state index < -0.39 is 0 Å². The third-order valence-electron chi connectivity index (χ3n) is 2.63. The second-order valence-corrected chi connectivity index (χ2v) is 4.32. The SMILES string of the molecule is CC(C)NC(=O)N1CCC(C(=N)N)CC1. The molecule has 0 unspecified atom stereocenters. The summed E-state index contributed by atoms with van der Waals surface area (Å²) < 4.78 is 0. The fourth-order valence-corrected chi connectivity index (χ4v) is 1.73. The molecule has 4 N–H and O–H groups in total. The van der Waals surface area contributed by atoms with Crippen molar-refractivity contribution in [2.24, 2.45) is 11.7 Å². The number of piperidine rings is 1. The Bertz CT molecular complexity index is 244. The van der Waals surface area contributed by atoms with Crippen LogP contribution < -0.4 is 11.1 Å². The molecule has 0 aromatic carbocycles. The average molecular weight is 212 g/mol. The first-order valence-electron chi connectivity index (χ1n) is 5.40. The highest BCUT2D eigenvalue weighted by Crippen LogP contribution is 2.16. The molecule has 15 heavy (non-hydrogen) atoms. The van der Waals surface area contributed by atoms with Gasteiger partial charge in [0.25, 0.3) is 0 Å². The lowest BCUT2D eigenvalue weighted by Gasteiger charge is -2.31. The van der Waals surface area contributed by atoms with Crippen LogP contribution in [0.4, 0.5) is 4.79 Å². The molecule has 1 rings (SSSR count). The summed E-state index contributed by atoms with van der Waals surface area (Å²) in [7, 11) is 0. The Morgan fingerprint density at radius 3 is 2.40 bits per heavy atom. The summed E-state index contributed by atoms with van der Waals surface area (Å²) in [6, 6.07) is 0.162. The van der Waals surface area contributed by atoms with Crippen molar-refractivity contribution < 1.29 is 4.79 Å². The zero-order valence-electron chi connectivity index (χ0n) is 9.42. The van der Waals surface area contributed by atoms with Crippen LogP contribution in [0.5, 0.6) is 0 Å². The lowest BCUT2D eigenvalue weighted by molar-refractivity contribution is 0.178. The Kier molecular flexibility index (Phi) is 3.94. The minimum atomic E-state index is -0.00741. The molecular weight excluding hydrogens is 192 g/mol. The maximum absolute atomic E-state index is 11.6. The molecule has 1 heterocycles. The van der Waals surface area contributed by atoms with Gasteiger partial charge in [-0.1, -0.05) is 0 Å². The number of carbonyl (C=O) groups is 1. The monoisotopic (exact) mass is 212 g/mol. The minimum absolute atomic E-state index is 0.00741. The van der Waals surface area contributed by atoms with Crippen molar-refractivity contribution in [3.05, 3.63) is 0 Å². The van der Waals surface area contributed by atoms with Crippen molar-refractivity contribution in [1.29, 1.82) is 5.41 Å². The topological polar surface area (TPSA) is 82.2 Å². The van der Waals surface area contributed by atoms with E-state index in [-0.39, 0.29) is 23.8 Å². The second-order valence-electron chi connectivity index (χ2n) is 4.32. The maximum Gasteiger partial charge on any atom is 0.317 e. The highest BCUT2D eigenvalue weighted by Gasteiger charge is 2.24. The van der Waals surface area contributed by atoms with Crippen LogP contribution in [0.15, 0.2) is 0 Å². The van der Waals surface area contributed by atoms with E-state index in [0.29, 0.717) is 13.1 Å². The summed E-state index contributed by atoms with van der Waals surface area (Å²) in [5.74, 6) is 0.409. The van der Waals surface area contributed by atoms with Gasteiger partial charge in [0.2, 0.25) is 0 Å². The van der Waals surface area contributed by atoms with Crippen molar-refractivity contribution in [3.8, 4) is 0 Å². The molecule has 2 amide bonds. The number of likely N-dealkylation sites (tertiary alicyclic amines) is 1. The molecule has 0 saturated carbocycles. The molecular formula is C10H20N4O. The van der Waals surface area contributed by atoms with Gasteiger partial charge in [-0.05, 0) is 26.7 Å². The molecule has 0 radical (unpaired) electrons. The number of amides is 2. The lowest BCUT2D eigenvalue weighted by atomic mass is 9.96. The highest BCUT2D eigenvalue weighted by atomic mass is 16.2. The number of amidine groups is 1. The molecule has 0 atom stereocenters. The second kappa shape index (κ2) is 5.00. The molecule has 1 aliphatic heterocycles. The van der Waals surface area contributed by atoms with Crippen LogP contribution in [-0.4, -0.2) is 35.9 Å². The van der Waals surface area contributed by atoms with Crippen LogP contribution in [0.2, 0.25) is 0 Å². The third-order valence-corrected chi connectivity index (χ3v) is 2.63. The predicted molar refractivity (Wildman–Crippen MR) is 59.9 cm³/mol. The fourth-order valence-electron chi connectivity index (χ4n) is 1.73. The molecule has 5 nitrogen and oxygen atoms in total. The van der Waals surface area contributed by atoms with Crippen molar-refractivity contribution in [3.63, 3.8) is 0 Å². The van der Waals surface area contributed by atoms with Gasteiger partial charge in [-0.3, -0.25) is 5.41 Å². The van der Waals surface area contributed by atoms with Crippen molar-refractivity contribution in [2.75, 3.05) is 13.1 Å². The van der Waals surface area contributed by atoms with Crippen LogP contribution in [0.25, 0.3) is 0 Å². The quantitative estimate of drug-likeness (QED) is 0.466. The summed E-state index contributed by atoms with van der Waals surface area (Å²) in [6.45, 7) is 5.28. The Morgan fingerprint density at radius 1 is 1.47 bits per heavy atom. The fraction of sp³-hybridized carbons (Fsp3) is 0.800. The molecule has 0 aromatic heterocycles. The summed E-state index contributed by atoms with van der Waals surface area (Å²) in [5.41, 5.74) is 5.43. The van der Waals surface area contributed by atoms with Gasteiger partial charge in [0.15, 0.2) is 0 Å². The smallest absolute Gasteiger partial charge is 0.317 e. The van der Waals surface area contributed by atoms with Gasteiger partial charge < -0.3 is 16.0 Å². The number of nitrogens with one attached hydrogen (secondary N) is 2. The van der Waals surface area contributed by atoms with Crippen molar-refractivity contribution in [2.45, 2.75) is 32.7 Å². The molecule has 1 saturated heterocycles. The van der Waals surface area contributed by atoms with Crippen molar-refractivity contribution in [1.82, 2.24) is 10.2 Å². The van der Waals surface area contributed by atoms with Gasteiger partial charge in [0, 0.05) is 25.0 Å². The highest BCUT2D eigenvalue weighted by molar-refractivity contribution is 5.80. The predicted octanol–water partition coefficient (Wildman–Crippen LogP) is 0.752. The molecule has 0 aliphatic carbocycles. The molecule has 1 aliphatic rings. The maximum atomic E-state index is 11.6. The molecule has 0 aromatic rings. The molecule has 5 heteroatoms. The summed E-state index contributed by atoms with van der Waals surface area (Å²) in [6.07, 6.45) is 1.61. The van der Waals surface area contributed by atoms with Gasteiger partial charge in [-0.2, -0.15) is 0 Å². The Morgan fingerprint density at radius 2 is 2.00 bits per heavy atom. The summed E-state index contributed by atoms with van der Waals surface area (Å²) in [5, 5.41) is 10.2. The van der Waals surface area contributed by atoms with Gasteiger partial charge in [0.05, 0.1) is 5.84 Å². The summed E-state index contributed by atoms with van der Waals surface area (Å²) >= 11 is 0. The number of nitrogens with zero attached hydrogens (tertiary/aromatic N) is 1. The Balaban J connectivity index is 2.37. The zero-order chi connectivity index (χ0) is 11.4. The van der Waals surface area contributed by atoms with E-state index in [4.69, 9.17) is 11.1 Å². The Hall–Kier alpha value is -1.26. The molecule has 1 fully saturated rings. The van der Waals surface area contributed by atoms with Gasteiger partial charge in [0.1, 0.15) is 0 Å². The van der Waals surface area contributed by atoms with E-state index in [1.807, 2.05) is 13.8 Å².